The van der Waals surface area contributed by atoms with Gasteiger partial charge >= 0.3 is 5.97 Å². The first-order valence-electron chi connectivity index (χ1n) is 8.75. The smallest absolute Gasteiger partial charge is 0.306 e. The summed E-state index contributed by atoms with van der Waals surface area (Å²) in [6, 6.07) is 7.44. The second-order valence-electron chi connectivity index (χ2n) is 6.28. The number of morpholine rings is 1. The summed E-state index contributed by atoms with van der Waals surface area (Å²) in [6.07, 6.45) is 1.72. The minimum absolute atomic E-state index is 0.0575. The summed E-state index contributed by atoms with van der Waals surface area (Å²) in [6.45, 7) is 1.12. The largest absolute Gasteiger partial charge is 0.497 e. The van der Waals surface area contributed by atoms with Crippen LogP contribution >= 0.6 is 0 Å². The maximum absolute atomic E-state index is 12.4. The molecule has 8 heteroatoms. The predicted octanol–water partition coefficient (Wildman–Crippen LogP) is 1.98. The van der Waals surface area contributed by atoms with Crippen LogP contribution in [0.15, 0.2) is 34.9 Å². The highest BCUT2D eigenvalue weighted by molar-refractivity contribution is 5.76. The number of carboxylic acid groups (broad SMARTS) is 1. The van der Waals surface area contributed by atoms with Crippen molar-refractivity contribution in [2.75, 3.05) is 26.8 Å². The number of aliphatic carboxylic acids is 1. The van der Waals surface area contributed by atoms with Gasteiger partial charge in [-0.15, -0.1) is 0 Å². The van der Waals surface area contributed by atoms with Gasteiger partial charge in [0.15, 0.2) is 11.7 Å². The quantitative estimate of drug-likeness (QED) is 0.790. The molecule has 0 spiro atoms. The molecule has 27 heavy (non-hydrogen) atoms. The zero-order chi connectivity index (χ0) is 19.2. The maximum Gasteiger partial charge on any atom is 0.306 e. The standard InChI is InChI=1S/C19H22N2O6/c1-25-14-4-2-13(3-5-14)16-11-20-17(27-16)6-7-18(22)21-8-9-26-15(12-21)10-19(23)24/h2-5,11,15H,6-10,12H2,1H3,(H,23,24)/t15-/m1/s1. The Bertz CT molecular complexity index is 786. The normalized spacial score (nSPS) is 16.9. The first-order chi connectivity index (χ1) is 13.0. The van der Waals surface area contributed by atoms with Gasteiger partial charge in [-0.05, 0) is 24.3 Å². The molecule has 144 valence electrons. The van der Waals surface area contributed by atoms with Gasteiger partial charge in [0.05, 0.1) is 32.4 Å². The molecular weight excluding hydrogens is 352 g/mol. The minimum Gasteiger partial charge on any atom is -0.497 e. The molecule has 2 aromatic rings. The topological polar surface area (TPSA) is 102 Å². The molecular formula is C19H22N2O6. The fraction of sp³-hybridized carbons (Fsp3) is 0.421. The van der Waals surface area contributed by atoms with E-state index in [0.29, 0.717) is 37.8 Å². The zero-order valence-corrected chi connectivity index (χ0v) is 15.1. The van der Waals surface area contributed by atoms with Crippen molar-refractivity contribution < 1.29 is 28.6 Å². The minimum atomic E-state index is -0.930. The Hall–Kier alpha value is -2.87. The van der Waals surface area contributed by atoms with Crippen LogP contribution < -0.4 is 4.74 Å². The number of carbonyl (C=O) groups is 2. The molecule has 0 unspecified atom stereocenters. The number of aryl methyl sites for hydroxylation is 1. The molecule has 1 amide bonds. The first kappa shape index (κ1) is 18.9. The van der Waals surface area contributed by atoms with Crippen LogP contribution in [0.5, 0.6) is 5.75 Å². The van der Waals surface area contributed by atoms with Crippen molar-refractivity contribution in [2.45, 2.75) is 25.4 Å². The SMILES string of the molecule is COc1ccc(-c2cnc(CCC(=O)N3CCO[C@H](CC(=O)O)C3)o2)cc1. The Morgan fingerprint density at radius 3 is 2.81 bits per heavy atom. The predicted molar refractivity (Wildman–Crippen MR) is 95.4 cm³/mol. The molecule has 1 atom stereocenters. The maximum atomic E-state index is 12.4. The van der Waals surface area contributed by atoms with Gasteiger partial charge in [0.2, 0.25) is 5.91 Å². The fourth-order valence-electron chi connectivity index (χ4n) is 2.95. The molecule has 0 aliphatic carbocycles. The highest BCUT2D eigenvalue weighted by Gasteiger charge is 2.26. The molecule has 8 nitrogen and oxygen atoms in total. The molecule has 1 fully saturated rings. The molecule has 1 aliphatic heterocycles. The first-order valence-corrected chi connectivity index (χ1v) is 8.75. The molecule has 2 heterocycles. The third kappa shape index (κ3) is 5.07. The fourth-order valence-corrected chi connectivity index (χ4v) is 2.95. The van der Waals surface area contributed by atoms with Crippen molar-refractivity contribution in [2.24, 2.45) is 0 Å². The Morgan fingerprint density at radius 2 is 2.11 bits per heavy atom. The second kappa shape index (κ2) is 8.68. The van der Waals surface area contributed by atoms with Gasteiger partial charge in [-0.2, -0.15) is 0 Å². The number of nitrogens with zero attached hydrogens (tertiary/aromatic N) is 2. The van der Waals surface area contributed by atoms with Gasteiger partial charge in [-0.3, -0.25) is 9.59 Å². The summed E-state index contributed by atoms with van der Waals surface area (Å²) >= 11 is 0. The van der Waals surface area contributed by atoms with Crippen LogP contribution in [-0.2, 0) is 20.7 Å². The molecule has 3 rings (SSSR count). The number of methoxy groups -OCH3 is 1. The number of ether oxygens (including phenoxy) is 2. The van der Waals surface area contributed by atoms with E-state index in [4.69, 9.17) is 19.0 Å². The number of oxazole rings is 1. The lowest BCUT2D eigenvalue weighted by molar-refractivity contribution is -0.147. The molecule has 1 aliphatic rings. The zero-order valence-electron chi connectivity index (χ0n) is 15.1. The number of aromatic nitrogens is 1. The van der Waals surface area contributed by atoms with E-state index in [1.165, 1.54) is 0 Å². The summed E-state index contributed by atoms with van der Waals surface area (Å²) in [7, 11) is 1.61. The summed E-state index contributed by atoms with van der Waals surface area (Å²) in [4.78, 5) is 29.1. The number of carbonyl (C=O) groups excluding carboxylic acids is 1. The highest BCUT2D eigenvalue weighted by Crippen LogP contribution is 2.23. The lowest BCUT2D eigenvalue weighted by Gasteiger charge is -2.32. The van der Waals surface area contributed by atoms with Gasteiger partial charge in [-0.1, -0.05) is 0 Å². The van der Waals surface area contributed by atoms with E-state index < -0.39 is 12.1 Å². The lowest BCUT2D eigenvalue weighted by atomic mass is 10.2. The van der Waals surface area contributed by atoms with Crippen molar-refractivity contribution in [3.63, 3.8) is 0 Å². The number of benzene rings is 1. The molecule has 1 saturated heterocycles. The highest BCUT2D eigenvalue weighted by atomic mass is 16.5. The van der Waals surface area contributed by atoms with Gasteiger partial charge < -0.3 is 23.9 Å². The number of carboxylic acids is 1. The third-order valence-corrected chi connectivity index (χ3v) is 4.37. The Morgan fingerprint density at radius 1 is 1.33 bits per heavy atom. The second-order valence-corrected chi connectivity index (χ2v) is 6.28. The van der Waals surface area contributed by atoms with Gasteiger partial charge in [0.25, 0.3) is 0 Å². The molecule has 0 radical (unpaired) electrons. The van der Waals surface area contributed by atoms with E-state index in [1.807, 2.05) is 24.3 Å². The van der Waals surface area contributed by atoms with Crippen LogP contribution in [0.4, 0.5) is 0 Å². The van der Waals surface area contributed by atoms with E-state index in [0.717, 1.165) is 11.3 Å². The number of rotatable bonds is 7. The van der Waals surface area contributed by atoms with Crippen molar-refractivity contribution in [1.29, 1.82) is 0 Å². The number of hydrogen-bond donors (Lipinski definition) is 1. The van der Waals surface area contributed by atoms with E-state index in [-0.39, 0.29) is 18.7 Å². The van der Waals surface area contributed by atoms with Crippen molar-refractivity contribution in [3.05, 3.63) is 36.4 Å². The number of hydrogen-bond acceptors (Lipinski definition) is 6. The van der Waals surface area contributed by atoms with Crippen LogP contribution in [0.1, 0.15) is 18.7 Å². The number of amides is 1. The van der Waals surface area contributed by atoms with Crippen molar-refractivity contribution >= 4 is 11.9 Å². The summed E-state index contributed by atoms with van der Waals surface area (Å²) in [5.41, 5.74) is 0.880. The summed E-state index contributed by atoms with van der Waals surface area (Å²) < 4.78 is 16.2. The van der Waals surface area contributed by atoms with E-state index in [9.17, 15) is 9.59 Å². The molecule has 1 aromatic carbocycles. The van der Waals surface area contributed by atoms with E-state index in [1.54, 1.807) is 18.2 Å². The van der Waals surface area contributed by atoms with Gasteiger partial charge in [0, 0.05) is 31.5 Å². The van der Waals surface area contributed by atoms with Crippen LogP contribution in [0.2, 0.25) is 0 Å². The van der Waals surface area contributed by atoms with E-state index >= 15 is 0 Å². The molecule has 1 N–H and O–H groups in total. The Balaban J connectivity index is 1.53. The average molecular weight is 374 g/mol. The molecule has 0 bridgehead atoms. The van der Waals surface area contributed by atoms with Crippen molar-refractivity contribution in [1.82, 2.24) is 9.88 Å². The lowest BCUT2D eigenvalue weighted by Crippen LogP contribution is -2.46. The van der Waals surface area contributed by atoms with Crippen molar-refractivity contribution in [3.8, 4) is 17.1 Å². The van der Waals surface area contributed by atoms with Gasteiger partial charge in [-0.25, -0.2) is 4.98 Å². The van der Waals surface area contributed by atoms with Crippen LogP contribution in [0.3, 0.4) is 0 Å². The molecule has 0 saturated carbocycles. The average Bonchev–Trinajstić information content (AvgIpc) is 3.15. The summed E-state index contributed by atoms with van der Waals surface area (Å²) in [5.74, 6) is 0.895. The Kier molecular flexibility index (Phi) is 6.08. The third-order valence-electron chi connectivity index (χ3n) is 4.37. The van der Waals surface area contributed by atoms with Crippen LogP contribution in [0.25, 0.3) is 11.3 Å². The van der Waals surface area contributed by atoms with Gasteiger partial charge in [0.1, 0.15) is 5.75 Å². The van der Waals surface area contributed by atoms with E-state index in [2.05, 4.69) is 4.98 Å². The Labute approximate surface area is 156 Å². The van der Waals surface area contributed by atoms with Crippen LogP contribution in [0, 0.1) is 0 Å². The van der Waals surface area contributed by atoms with Crippen LogP contribution in [-0.4, -0.2) is 59.8 Å². The summed E-state index contributed by atoms with van der Waals surface area (Å²) in [5, 5.41) is 8.86. The monoisotopic (exact) mass is 374 g/mol. The molecule has 1 aromatic heterocycles.